The molecule has 3 heterocycles. The van der Waals surface area contributed by atoms with E-state index in [9.17, 15) is 0 Å². The average Bonchev–Trinajstić information content (AvgIpc) is 2.90. The lowest BCUT2D eigenvalue weighted by atomic mass is 10.3. The second-order valence-electron chi connectivity index (χ2n) is 5.60. The molecule has 1 saturated heterocycles. The lowest BCUT2D eigenvalue weighted by molar-refractivity contribution is 0.314. The topological polar surface area (TPSA) is 34.0 Å². The number of aromatic nitrogens is 3. The predicted octanol–water partition coefficient (Wildman–Crippen LogP) is 2.66. The van der Waals surface area contributed by atoms with Crippen molar-refractivity contribution in [1.29, 1.82) is 0 Å². The third-order valence-electron chi connectivity index (χ3n) is 4.02. The summed E-state index contributed by atoms with van der Waals surface area (Å²) in [4.78, 5) is 8.51. The minimum absolute atomic E-state index is 0.547. The highest BCUT2D eigenvalue weighted by atomic mass is 32.1. The molecule has 0 spiro atoms. The average molecular weight is 274 g/mol. The molecule has 0 amide bonds. The van der Waals surface area contributed by atoms with E-state index in [-0.39, 0.29) is 0 Å². The molecule has 1 aliphatic heterocycles. The van der Waals surface area contributed by atoms with Crippen molar-refractivity contribution in [3.8, 4) is 0 Å². The van der Waals surface area contributed by atoms with E-state index in [1.165, 1.54) is 35.7 Å². The van der Waals surface area contributed by atoms with Gasteiger partial charge in [0.05, 0.1) is 11.0 Å². The van der Waals surface area contributed by atoms with Gasteiger partial charge in [-0.05, 0) is 25.3 Å². The summed E-state index contributed by atoms with van der Waals surface area (Å²) in [5, 5.41) is 5.71. The largest absolute Gasteiger partial charge is 0.296 e. The third-order valence-corrected chi connectivity index (χ3v) is 5.17. The Bertz CT molecular complexity index is 544. The Hall–Kier alpha value is -1.20. The van der Waals surface area contributed by atoms with Crippen LogP contribution < -0.4 is 0 Å². The Labute approximate surface area is 117 Å². The summed E-state index contributed by atoms with van der Waals surface area (Å²) in [5.74, 6) is 0.786. The van der Waals surface area contributed by atoms with Gasteiger partial charge in [-0.25, -0.2) is 4.98 Å². The van der Waals surface area contributed by atoms with E-state index in [0.29, 0.717) is 6.04 Å². The molecule has 0 bridgehead atoms. The SMILES string of the molecule is c1cnn(C2CCN(Cc3cnc(C4CC4)s3)C2)c1. The summed E-state index contributed by atoms with van der Waals surface area (Å²) in [6, 6.07) is 2.55. The highest BCUT2D eigenvalue weighted by Gasteiger charge is 2.28. The van der Waals surface area contributed by atoms with Crippen LogP contribution in [-0.4, -0.2) is 32.8 Å². The molecule has 0 aromatic carbocycles. The van der Waals surface area contributed by atoms with Crippen molar-refractivity contribution in [1.82, 2.24) is 19.7 Å². The zero-order chi connectivity index (χ0) is 12.7. The zero-order valence-corrected chi connectivity index (χ0v) is 11.7. The normalized spacial score (nSPS) is 24.1. The van der Waals surface area contributed by atoms with Crippen LogP contribution in [0, 0.1) is 0 Å². The van der Waals surface area contributed by atoms with Crippen LogP contribution in [-0.2, 0) is 6.54 Å². The summed E-state index contributed by atoms with van der Waals surface area (Å²) in [6.07, 6.45) is 9.92. The van der Waals surface area contributed by atoms with Crippen LogP contribution in [0.25, 0.3) is 0 Å². The molecule has 2 aromatic rings. The van der Waals surface area contributed by atoms with Gasteiger partial charge in [-0.15, -0.1) is 11.3 Å². The lowest BCUT2D eigenvalue weighted by Gasteiger charge is -2.14. The van der Waals surface area contributed by atoms with Gasteiger partial charge in [-0.3, -0.25) is 9.58 Å². The highest BCUT2D eigenvalue weighted by Crippen LogP contribution is 2.42. The molecule has 5 heteroatoms. The fraction of sp³-hybridized carbons (Fsp3) is 0.571. The van der Waals surface area contributed by atoms with Crippen LogP contribution in [0.5, 0.6) is 0 Å². The quantitative estimate of drug-likeness (QED) is 0.859. The molecular weight excluding hydrogens is 256 g/mol. The summed E-state index contributed by atoms with van der Waals surface area (Å²) >= 11 is 1.91. The van der Waals surface area contributed by atoms with E-state index in [1.54, 1.807) is 0 Å². The minimum Gasteiger partial charge on any atom is -0.296 e. The predicted molar refractivity (Wildman–Crippen MR) is 75.2 cm³/mol. The highest BCUT2D eigenvalue weighted by molar-refractivity contribution is 7.11. The molecule has 2 fully saturated rings. The fourth-order valence-corrected chi connectivity index (χ4v) is 3.93. The van der Waals surface area contributed by atoms with Gasteiger partial charge in [-0.2, -0.15) is 5.10 Å². The Morgan fingerprint density at radius 2 is 2.26 bits per heavy atom. The molecule has 4 rings (SSSR count). The van der Waals surface area contributed by atoms with Crippen molar-refractivity contribution in [3.63, 3.8) is 0 Å². The van der Waals surface area contributed by atoms with E-state index in [4.69, 9.17) is 0 Å². The molecule has 1 atom stereocenters. The van der Waals surface area contributed by atoms with Crippen LogP contribution in [0.4, 0.5) is 0 Å². The third kappa shape index (κ3) is 2.44. The molecule has 19 heavy (non-hydrogen) atoms. The number of thiazole rings is 1. The smallest absolute Gasteiger partial charge is 0.0959 e. The minimum atomic E-state index is 0.547. The fourth-order valence-electron chi connectivity index (χ4n) is 2.80. The van der Waals surface area contributed by atoms with Gasteiger partial charge in [0, 0.05) is 49.0 Å². The molecule has 1 unspecified atom stereocenters. The Morgan fingerprint density at radius 3 is 3.05 bits per heavy atom. The van der Waals surface area contributed by atoms with Gasteiger partial charge in [0.25, 0.3) is 0 Å². The van der Waals surface area contributed by atoms with Gasteiger partial charge < -0.3 is 0 Å². The Balaban J connectivity index is 1.38. The van der Waals surface area contributed by atoms with Crippen LogP contribution in [0.1, 0.15) is 41.1 Å². The molecular formula is C14H18N4S. The Kier molecular flexibility index (Phi) is 2.89. The summed E-state index contributed by atoms with van der Waals surface area (Å²) in [5.41, 5.74) is 0. The van der Waals surface area contributed by atoms with Crippen LogP contribution >= 0.6 is 11.3 Å². The van der Waals surface area contributed by atoms with Gasteiger partial charge in [0.1, 0.15) is 0 Å². The van der Waals surface area contributed by atoms with Crippen LogP contribution in [0.15, 0.2) is 24.7 Å². The second kappa shape index (κ2) is 4.72. The molecule has 0 N–H and O–H groups in total. The number of rotatable bonds is 4. The molecule has 4 nitrogen and oxygen atoms in total. The summed E-state index contributed by atoms with van der Waals surface area (Å²) in [7, 11) is 0. The molecule has 2 aromatic heterocycles. The summed E-state index contributed by atoms with van der Waals surface area (Å²) < 4.78 is 2.10. The standard InChI is InChI=1S/C14H18N4S/c1-5-16-18(6-1)12-4-7-17(9-12)10-13-8-15-14(19-13)11-2-3-11/h1,5-6,8,11-12H,2-4,7,9-10H2. The van der Waals surface area contributed by atoms with E-state index in [1.807, 2.05) is 23.6 Å². The van der Waals surface area contributed by atoms with Crippen molar-refractivity contribution in [2.45, 2.75) is 37.8 Å². The van der Waals surface area contributed by atoms with E-state index < -0.39 is 0 Å². The van der Waals surface area contributed by atoms with Gasteiger partial charge in [0.2, 0.25) is 0 Å². The monoisotopic (exact) mass is 274 g/mol. The second-order valence-corrected chi connectivity index (χ2v) is 6.75. The van der Waals surface area contributed by atoms with E-state index in [0.717, 1.165) is 19.0 Å². The first-order valence-electron chi connectivity index (χ1n) is 7.04. The van der Waals surface area contributed by atoms with Crippen molar-refractivity contribution in [2.24, 2.45) is 0 Å². The number of likely N-dealkylation sites (tertiary alicyclic amines) is 1. The van der Waals surface area contributed by atoms with Crippen molar-refractivity contribution in [2.75, 3.05) is 13.1 Å². The van der Waals surface area contributed by atoms with Crippen LogP contribution in [0.2, 0.25) is 0 Å². The first kappa shape index (κ1) is 11.6. The first-order chi connectivity index (χ1) is 9.38. The molecule has 1 saturated carbocycles. The van der Waals surface area contributed by atoms with Crippen molar-refractivity contribution in [3.05, 3.63) is 34.5 Å². The maximum absolute atomic E-state index is 4.56. The molecule has 1 aliphatic carbocycles. The van der Waals surface area contributed by atoms with Gasteiger partial charge in [-0.1, -0.05) is 0 Å². The first-order valence-corrected chi connectivity index (χ1v) is 7.86. The zero-order valence-electron chi connectivity index (χ0n) is 10.9. The van der Waals surface area contributed by atoms with Crippen molar-refractivity contribution >= 4 is 11.3 Å². The molecule has 0 radical (unpaired) electrons. The Morgan fingerprint density at radius 1 is 1.32 bits per heavy atom. The number of hydrogen-bond acceptors (Lipinski definition) is 4. The molecule has 2 aliphatic rings. The van der Waals surface area contributed by atoms with Crippen molar-refractivity contribution < 1.29 is 0 Å². The summed E-state index contributed by atoms with van der Waals surface area (Å²) in [6.45, 7) is 3.34. The number of hydrogen-bond donors (Lipinski definition) is 0. The number of nitrogens with zero attached hydrogens (tertiary/aromatic N) is 4. The van der Waals surface area contributed by atoms with E-state index >= 15 is 0 Å². The maximum Gasteiger partial charge on any atom is 0.0959 e. The lowest BCUT2D eigenvalue weighted by Crippen LogP contribution is -2.20. The maximum atomic E-state index is 4.56. The van der Waals surface area contributed by atoms with Gasteiger partial charge >= 0.3 is 0 Å². The molecule has 100 valence electrons. The van der Waals surface area contributed by atoms with Crippen LogP contribution in [0.3, 0.4) is 0 Å². The van der Waals surface area contributed by atoms with Gasteiger partial charge in [0.15, 0.2) is 0 Å². The van der Waals surface area contributed by atoms with E-state index in [2.05, 4.69) is 32.1 Å².